The third-order valence-electron chi connectivity index (χ3n) is 5.34. The molecule has 1 atom stereocenters. The van der Waals surface area contributed by atoms with Crippen molar-refractivity contribution >= 4 is 0 Å². The summed E-state index contributed by atoms with van der Waals surface area (Å²) >= 11 is 0. The van der Waals surface area contributed by atoms with E-state index >= 15 is 0 Å². The topological polar surface area (TPSA) is 75.5 Å². The Morgan fingerprint density at radius 1 is 1.13 bits per heavy atom. The van der Waals surface area contributed by atoms with E-state index in [1.165, 1.54) is 32.1 Å². The predicted octanol–water partition coefficient (Wildman–Crippen LogP) is 2.24. The fourth-order valence-corrected chi connectivity index (χ4v) is 3.70. The molecule has 23 heavy (non-hydrogen) atoms. The lowest BCUT2D eigenvalue weighted by Crippen LogP contribution is -2.34. The molecule has 1 saturated heterocycles. The monoisotopic (exact) mass is 315 g/mol. The van der Waals surface area contributed by atoms with E-state index in [-0.39, 0.29) is 6.04 Å². The van der Waals surface area contributed by atoms with Gasteiger partial charge >= 0.3 is 0 Å². The summed E-state index contributed by atoms with van der Waals surface area (Å²) in [5.41, 5.74) is 0. The van der Waals surface area contributed by atoms with Crippen LogP contribution in [-0.2, 0) is 13.6 Å². The number of likely N-dealkylation sites (tertiary alicyclic amines) is 1. The molecule has 3 heterocycles. The molecule has 1 aliphatic heterocycles. The summed E-state index contributed by atoms with van der Waals surface area (Å²) in [6.45, 7) is 3.86. The molecule has 2 aromatic rings. The van der Waals surface area contributed by atoms with Crippen LogP contribution in [0.15, 0.2) is 0 Å². The first kappa shape index (κ1) is 14.8. The maximum absolute atomic E-state index is 4.55. The van der Waals surface area contributed by atoms with Crippen molar-refractivity contribution in [1.82, 2.24) is 34.8 Å². The van der Waals surface area contributed by atoms with E-state index in [1.807, 2.05) is 6.92 Å². The summed E-state index contributed by atoms with van der Waals surface area (Å²) in [5, 5.41) is 16.3. The predicted molar refractivity (Wildman–Crippen MR) is 85.7 cm³/mol. The summed E-state index contributed by atoms with van der Waals surface area (Å²) < 4.78 is 2.21. The Morgan fingerprint density at radius 2 is 2.00 bits per heavy atom. The summed E-state index contributed by atoms with van der Waals surface area (Å²) in [5.74, 6) is 4.65. The summed E-state index contributed by atoms with van der Waals surface area (Å²) in [6.07, 6.45) is 7.42. The van der Waals surface area contributed by atoms with Crippen LogP contribution in [0.1, 0.15) is 73.8 Å². The maximum atomic E-state index is 4.55. The van der Waals surface area contributed by atoms with Crippen LogP contribution in [0.3, 0.4) is 0 Å². The quantitative estimate of drug-likeness (QED) is 0.936. The highest BCUT2D eigenvalue weighted by Crippen LogP contribution is 2.35. The third kappa shape index (κ3) is 2.78. The number of hydrogen-bond acceptors (Lipinski definition) is 5. The number of rotatable bonds is 4. The highest BCUT2D eigenvalue weighted by atomic mass is 15.3. The molecule has 124 valence electrons. The number of nitrogens with zero attached hydrogens (tertiary/aromatic N) is 6. The van der Waals surface area contributed by atoms with Gasteiger partial charge in [0.25, 0.3) is 0 Å². The highest BCUT2D eigenvalue weighted by Gasteiger charge is 2.30. The fraction of sp³-hybridized carbons (Fsp3) is 0.750. The molecule has 7 heteroatoms. The van der Waals surface area contributed by atoms with E-state index in [4.69, 9.17) is 0 Å². The molecule has 0 bridgehead atoms. The van der Waals surface area contributed by atoms with Crippen LogP contribution in [0, 0.1) is 6.92 Å². The van der Waals surface area contributed by atoms with Gasteiger partial charge in [0.15, 0.2) is 5.82 Å². The van der Waals surface area contributed by atoms with Crippen molar-refractivity contribution < 1.29 is 0 Å². The molecule has 0 aromatic carbocycles. The van der Waals surface area contributed by atoms with Crippen molar-refractivity contribution in [2.45, 2.75) is 64.0 Å². The molecule has 0 radical (unpaired) electrons. The lowest BCUT2D eigenvalue weighted by atomic mass is 9.85. The Kier molecular flexibility index (Phi) is 3.88. The van der Waals surface area contributed by atoms with Crippen molar-refractivity contribution in [2.75, 3.05) is 6.54 Å². The standard InChI is InChI=1S/C16H25N7/c1-11-17-15(20-18-11)13-8-3-4-9-23(13)10-14-19-21-16(22(14)2)12-6-5-7-12/h12-13H,3-10H2,1-2H3,(H,17,18,20)/t13-/m0/s1. The van der Waals surface area contributed by atoms with E-state index in [0.29, 0.717) is 5.92 Å². The van der Waals surface area contributed by atoms with E-state index in [1.54, 1.807) is 0 Å². The van der Waals surface area contributed by atoms with Crippen LogP contribution in [0.25, 0.3) is 0 Å². The van der Waals surface area contributed by atoms with Crippen molar-refractivity contribution in [1.29, 1.82) is 0 Å². The fourth-order valence-electron chi connectivity index (χ4n) is 3.70. The zero-order valence-corrected chi connectivity index (χ0v) is 14.0. The molecule has 2 aliphatic rings. The molecule has 0 amide bonds. The largest absolute Gasteiger partial charge is 0.317 e. The molecule has 1 saturated carbocycles. The Balaban J connectivity index is 1.53. The molecular weight excluding hydrogens is 290 g/mol. The van der Waals surface area contributed by atoms with Gasteiger partial charge in [0.05, 0.1) is 12.6 Å². The van der Waals surface area contributed by atoms with Gasteiger partial charge in [-0.25, -0.2) is 4.98 Å². The van der Waals surface area contributed by atoms with Gasteiger partial charge in [-0.3, -0.25) is 10.00 Å². The molecule has 0 unspecified atom stereocenters. The lowest BCUT2D eigenvalue weighted by molar-refractivity contribution is 0.129. The average Bonchev–Trinajstić information content (AvgIpc) is 3.07. The van der Waals surface area contributed by atoms with Gasteiger partial charge in [-0.1, -0.05) is 12.8 Å². The first-order chi connectivity index (χ1) is 11.2. The van der Waals surface area contributed by atoms with Crippen molar-refractivity contribution in [3.05, 3.63) is 23.3 Å². The highest BCUT2D eigenvalue weighted by molar-refractivity contribution is 5.06. The van der Waals surface area contributed by atoms with E-state index in [2.05, 4.69) is 41.9 Å². The summed E-state index contributed by atoms with van der Waals surface area (Å²) in [7, 11) is 2.11. The minimum atomic E-state index is 0.289. The molecule has 1 N–H and O–H groups in total. The summed E-state index contributed by atoms with van der Waals surface area (Å²) in [6, 6.07) is 0.289. The second kappa shape index (κ2) is 6.03. The lowest BCUT2D eigenvalue weighted by Gasteiger charge is -2.33. The molecule has 2 fully saturated rings. The normalized spacial score (nSPS) is 23.1. The zero-order valence-electron chi connectivity index (χ0n) is 14.0. The van der Waals surface area contributed by atoms with Crippen molar-refractivity contribution in [3.8, 4) is 0 Å². The van der Waals surface area contributed by atoms with Gasteiger partial charge in [-0.2, -0.15) is 5.10 Å². The zero-order chi connectivity index (χ0) is 15.8. The number of aromatic nitrogens is 6. The molecule has 7 nitrogen and oxygen atoms in total. The Labute approximate surface area is 136 Å². The van der Waals surface area contributed by atoms with Gasteiger partial charge in [0, 0.05) is 13.0 Å². The molecule has 0 spiro atoms. The van der Waals surface area contributed by atoms with E-state index < -0.39 is 0 Å². The smallest absolute Gasteiger partial charge is 0.167 e. The van der Waals surface area contributed by atoms with Gasteiger partial charge < -0.3 is 4.57 Å². The molecule has 2 aromatic heterocycles. The Morgan fingerprint density at radius 3 is 2.70 bits per heavy atom. The van der Waals surface area contributed by atoms with Gasteiger partial charge in [0.2, 0.25) is 0 Å². The van der Waals surface area contributed by atoms with Crippen LogP contribution in [0.2, 0.25) is 0 Å². The Hall–Kier alpha value is -1.76. The van der Waals surface area contributed by atoms with E-state index in [0.717, 1.165) is 42.8 Å². The minimum absolute atomic E-state index is 0.289. The van der Waals surface area contributed by atoms with E-state index in [9.17, 15) is 0 Å². The number of piperidine rings is 1. The van der Waals surface area contributed by atoms with Gasteiger partial charge in [-0.15, -0.1) is 10.2 Å². The van der Waals surface area contributed by atoms with Crippen LogP contribution in [0.5, 0.6) is 0 Å². The second-order valence-electron chi connectivity index (χ2n) is 6.92. The van der Waals surface area contributed by atoms with Crippen molar-refractivity contribution in [3.63, 3.8) is 0 Å². The SMILES string of the molecule is Cc1nc([C@@H]2CCCCN2Cc2nnc(C3CCC3)n2C)n[nH]1. The van der Waals surface area contributed by atoms with Crippen LogP contribution in [0.4, 0.5) is 0 Å². The summed E-state index contributed by atoms with van der Waals surface area (Å²) in [4.78, 5) is 7.01. The minimum Gasteiger partial charge on any atom is -0.317 e. The second-order valence-corrected chi connectivity index (χ2v) is 6.92. The Bertz CT molecular complexity index is 670. The first-order valence-corrected chi connectivity index (χ1v) is 8.73. The maximum Gasteiger partial charge on any atom is 0.167 e. The molecular formula is C16H25N7. The van der Waals surface area contributed by atoms with Crippen LogP contribution < -0.4 is 0 Å². The number of aryl methyl sites for hydroxylation is 1. The number of nitrogens with one attached hydrogen (secondary N) is 1. The van der Waals surface area contributed by atoms with Gasteiger partial charge in [-0.05, 0) is 39.2 Å². The third-order valence-corrected chi connectivity index (χ3v) is 5.34. The van der Waals surface area contributed by atoms with Gasteiger partial charge in [0.1, 0.15) is 17.5 Å². The molecule has 4 rings (SSSR count). The molecule has 1 aliphatic carbocycles. The number of aromatic amines is 1. The average molecular weight is 315 g/mol. The van der Waals surface area contributed by atoms with Crippen LogP contribution in [-0.4, -0.2) is 41.4 Å². The first-order valence-electron chi connectivity index (χ1n) is 8.73. The number of hydrogen-bond donors (Lipinski definition) is 1. The van der Waals surface area contributed by atoms with Crippen LogP contribution >= 0.6 is 0 Å². The number of H-pyrrole nitrogens is 1. The van der Waals surface area contributed by atoms with Crippen molar-refractivity contribution in [2.24, 2.45) is 7.05 Å².